The second-order valence-corrected chi connectivity index (χ2v) is 6.78. The lowest BCUT2D eigenvalue weighted by Gasteiger charge is -2.08. The molecule has 1 aromatic carbocycles. The van der Waals surface area contributed by atoms with Crippen LogP contribution in [0, 0.1) is 0 Å². The number of hydrogen-bond donors (Lipinski definition) is 2. The van der Waals surface area contributed by atoms with Crippen molar-refractivity contribution in [1.82, 2.24) is 19.1 Å². The number of nitrogens with one attached hydrogen (secondary N) is 1. The number of imidazole rings is 1. The number of H-pyrrole nitrogens is 1. The van der Waals surface area contributed by atoms with Gasteiger partial charge in [-0.3, -0.25) is 19.1 Å². The molecule has 2 N–H and O–H groups in total. The molecule has 0 saturated carbocycles. The number of carboxylic acid groups (broad SMARTS) is 1. The van der Waals surface area contributed by atoms with Gasteiger partial charge in [-0.15, -0.1) is 11.8 Å². The van der Waals surface area contributed by atoms with Crippen molar-refractivity contribution >= 4 is 28.9 Å². The zero-order valence-electron chi connectivity index (χ0n) is 14.1. The average molecular weight is 374 g/mol. The fraction of sp³-hybridized carbons (Fsp3) is 0.294. The maximum absolute atomic E-state index is 12.3. The third-order valence-corrected chi connectivity index (χ3v) is 4.92. The molecule has 2 heterocycles. The lowest BCUT2D eigenvalue weighted by Crippen LogP contribution is -2.29. The summed E-state index contributed by atoms with van der Waals surface area (Å²) in [4.78, 5) is 41.7. The molecule has 8 nitrogen and oxygen atoms in total. The average Bonchev–Trinajstić information content (AvgIpc) is 2.98. The van der Waals surface area contributed by atoms with Crippen LogP contribution in [0.1, 0.15) is 11.4 Å². The smallest absolute Gasteiger partial charge is 0.329 e. The van der Waals surface area contributed by atoms with Gasteiger partial charge in [0.25, 0.3) is 5.56 Å². The van der Waals surface area contributed by atoms with Crippen LogP contribution in [0.25, 0.3) is 11.2 Å². The van der Waals surface area contributed by atoms with E-state index in [1.807, 2.05) is 30.3 Å². The van der Waals surface area contributed by atoms with Crippen molar-refractivity contribution in [2.75, 3.05) is 5.75 Å². The summed E-state index contributed by atoms with van der Waals surface area (Å²) in [5.74, 6) is -0.0540. The molecule has 9 heteroatoms. The Hall–Kier alpha value is -2.81. The first-order valence-electron chi connectivity index (χ1n) is 7.99. The van der Waals surface area contributed by atoms with Gasteiger partial charge >= 0.3 is 11.7 Å². The molecule has 3 rings (SSSR count). The quantitative estimate of drug-likeness (QED) is 0.638. The molecule has 0 bridgehead atoms. The zero-order chi connectivity index (χ0) is 18.7. The first kappa shape index (κ1) is 18.0. The number of fused-ring (bicyclic) bond motifs is 1. The lowest BCUT2D eigenvalue weighted by molar-refractivity contribution is -0.133. The van der Waals surface area contributed by atoms with E-state index < -0.39 is 17.2 Å². The predicted molar refractivity (Wildman–Crippen MR) is 99.5 cm³/mol. The van der Waals surface area contributed by atoms with Crippen LogP contribution in [0.4, 0.5) is 0 Å². The molecule has 0 unspecified atom stereocenters. The van der Waals surface area contributed by atoms with Gasteiger partial charge in [0.05, 0.1) is 11.5 Å². The lowest BCUT2D eigenvalue weighted by atomic mass is 10.1. The van der Waals surface area contributed by atoms with Gasteiger partial charge in [0.1, 0.15) is 5.82 Å². The summed E-state index contributed by atoms with van der Waals surface area (Å²) in [6, 6.07) is 9.82. The van der Waals surface area contributed by atoms with Crippen molar-refractivity contribution in [2.24, 2.45) is 7.05 Å². The van der Waals surface area contributed by atoms with Gasteiger partial charge in [0.2, 0.25) is 0 Å². The summed E-state index contributed by atoms with van der Waals surface area (Å²) in [6.45, 7) is 0.505. The molecule has 0 saturated heterocycles. The molecule has 0 aliphatic rings. The van der Waals surface area contributed by atoms with Gasteiger partial charge in [0.15, 0.2) is 11.2 Å². The van der Waals surface area contributed by atoms with Crippen LogP contribution in [0.5, 0.6) is 0 Å². The highest BCUT2D eigenvalue weighted by molar-refractivity contribution is 7.99. The number of hydrogen-bond acceptors (Lipinski definition) is 5. The molecule has 0 spiro atoms. The Morgan fingerprint density at radius 1 is 1.27 bits per heavy atom. The van der Waals surface area contributed by atoms with E-state index in [1.165, 1.54) is 16.3 Å². The van der Waals surface area contributed by atoms with Gasteiger partial charge in [0, 0.05) is 13.6 Å². The Bertz CT molecular complexity index is 1050. The highest BCUT2D eigenvalue weighted by Crippen LogP contribution is 2.17. The minimum atomic E-state index is -0.910. The minimum absolute atomic E-state index is 0.0584. The van der Waals surface area contributed by atoms with Crippen LogP contribution in [0.2, 0.25) is 0 Å². The number of aryl methyl sites for hydroxylation is 3. The van der Waals surface area contributed by atoms with Crippen molar-refractivity contribution in [3.63, 3.8) is 0 Å². The summed E-state index contributed by atoms with van der Waals surface area (Å²) in [6.07, 6.45) is 0.686. The van der Waals surface area contributed by atoms with Crippen LogP contribution < -0.4 is 11.2 Å². The molecule has 0 aliphatic carbocycles. The van der Waals surface area contributed by atoms with Crippen molar-refractivity contribution in [3.05, 3.63) is 62.6 Å². The van der Waals surface area contributed by atoms with E-state index in [0.717, 1.165) is 5.56 Å². The normalized spacial score (nSPS) is 11.1. The number of carbonyl (C=O) groups is 1. The fourth-order valence-electron chi connectivity index (χ4n) is 2.75. The SMILES string of the molecule is Cn1c(=O)[nH]c(=O)c2c1nc(CSCC(=O)O)n2CCc1ccccc1. The van der Waals surface area contributed by atoms with Gasteiger partial charge in [-0.1, -0.05) is 30.3 Å². The van der Waals surface area contributed by atoms with Gasteiger partial charge in [-0.05, 0) is 12.0 Å². The Kier molecular flexibility index (Phi) is 5.27. The van der Waals surface area contributed by atoms with Crippen molar-refractivity contribution in [2.45, 2.75) is 18.7 Å². The molecule has 0 radical (unpaired) electrons. The van der Waals surface area contributed by atoms with Crippen molar-refractivity contribution in [1.29, 1.82) is 0 Å². The molecule has 136 valence electrons. The van der Waals surface area contributed by atoms with Gasteiger partial charge in [-0.25, -0.2) is 9.78 Å². The van der Waals surface area contributed by atoms with E-state index in [9.17, 15) is 14.4 Å². The topological polar surface area (TPSA) is 110 Å². The molecular weight excluding hydrogens is 356 g/mol. The van der Waals surface area contributed by atoms with Crippen LogP contribution in [-0.4, -0.2) is 35.9 Å². The molecule has 0 amide bonds. The number of carboxylic acids is 1. The third-order valence-electron chi connectivity index (χ3n) is 4.01. The highest BCUT2D eigenvalue weighted by Gasteiger charge is 2.17. The van der Waals surface area contributed by atoms with Crippen molar-refractivity contribution < 1.29 is 9.90 Å². The second kappa shape index (κ2) is 7.61. The first-order valence-corrected chi connectivity index (χ1v) is 9.14. The highest BCUT2D eigenvalue weighted by atomic mass is 32.2. The largest absolute Gasteiger partial charge is 0.481 e. The summed E-state index contributed by atoms with van der Waals surface area (Å²) >= 11 is 1.20. The summed E-state index contributed by atoms with van der Waals surface area (Å²) in [7, 11) is 1.54. The van der Waals surface area contributed by atoms with Crippen LogP contribution in [0.15, 0.2) is 39.9 Å². The van der Waals surface area contributed by atoms with Crippen LogP contribution in [0.3, 0.4) is 0 Å². The number of benzene rings is 1. The monoisotopic (exact) mass is 374 g/mol. The fourth-order valence-corrected chi connectivity index (χ4v) is 3.43. The number of nitrogens with zero attached hydrogens (tertiary/aromatic N) is 3. The molecule has 3 aromatic rings. The van der Waals surface area contributed by atoms with Crippen LogP contribution >= 0.6 is 11.8 Å². The van der Waals surface area contributed by atoms with Gasteiger partial charge in [-0.2, -0.15) is 0 Å². The van der Waals surface area contributed by atoms with Gasteiger partial charge < -0.3 is 9.67 Å². The van der Waals surface area contributed by atoms with E-state index >= 15 is 0 Å². The summed E-state index contributed by atoms with van der Waals surface area (Å²) < 4.78 is 3.07. The second-order valence-electron chi connectivity index (χ2n) is 5.79. The molecular formula is C17H18N4O4S. The van der Waals surface area contributed by atoms with E-state index in [1.54, 1.807) is 11.6 Å². The zero-order valence-corrected chi connectivity index (χ0v) is 15.0. The minimum Gasteiger partial charge on any atom is -0.481 e. The predicted octanol–water partition coefficient (Wildman–Crippen LogP) is 0.984. The Morgan fingerprint density at radius 3 is 2.69 bits per heavy atom. The molecule has 26 heavy (non-hydrogen) atoms. The van der Waals surface area contributed by atoms with Crippen LogP contribution in [-0.2, 0) is 30.6 Å². The van der Waals surface area contributed by atoms with E-state index in [2.05, 4.69) is 9.97 Å². The number of aliphatic carboxylic acids is 1. The van der Waals surface area contributed by atoms with Crippen molar-refractivity contribution in [3.8, 4) is 0 Å². The number of aromatic nitrogens is 4. The first-order chi connectivity index (χ1) is 12.5. The summed E-state index contributed by atoms with van der Waals surface area (Å²) in [5, 5.41) is 8.83. The Labute approximate surface area is 152 Å². The maximum Gasteiger partial charge on any atom is 0.329 e. The standard InChI is InChI=1S/C17H18N4O4S/c1-20-15-14(16(24)19-17(20)25)21(8-7-11-5-3-2-4-6-11)12(18-15)9-26-10-13(22)23/h2-6H,7-10H2,1H3,(H,22,23)(H,19,24,25). The molecule has 0 aliphatic heterocycles. The molecule has 2 aromatic heterocycles. The molecule has 0 atom stereocenters. The summed E-state index contributed by atoms with van der Waals surface area (Å²) in [5.41, 5.74) is 0.726. The van der Waals surface area contributed by atoms with E-state index in [4.69, 9.17) is 5.11 Å². The van der Waals surface area contributed by atoms with E-state index in [0.29, 0.717) is 35.7 Å². The molecule has 0 fully saturated rings. The number of rotatable bonds is 7. The maximum atomic E-state index is 12.3. The number of aromatic amines is 1. The Balaban J connectivity index is 2.01. The number of thioether (sulfide) groups is 1. The Morgan fingerprint density at radius 2 is 2.00 bits per heavy atom. The van der Waals surface area contributed by atoms with E-state index in [-0.39, 0.29) is 5.75 Å². The third kappa shape index (κ3) is 3.72.